The van der Waals surface area contributed by atoms with Crippen LogP contribution in [-0.2, 0) is 9.05 Å². The Kier molecular flexibility index (Phi) is 4.58. The molecule has 0 heterocycles. The van der Waals surface area contributed by atoms with Crippen molar-refractivity contribution < 1.29 is 17.6 Å². The van der Waals surface area contributed by atoms with Crippen LogP contribution in [0.1, 0.15) is 24.2 Å². The van der Waals surface area contributed by atoms with Crippen LogP contribution in [0.4, 0.5) is 4.39 Å². The van der Waals surface area contributed by atoms with Crippen molar-refractivity contribution in [2.45, 2.75) is 24.8 Å². The Labute approximate surface area is 114 Å². The highest BCUT2D eigenvalue weighted by Crippen LogP contribution is 2.27. The third-order valence-electron chi connectivity index (χ3n) is 1.95. The van der Waals surface area contributed by atoms with Crippen molar-refractivity contribution in [2.75, 3.05) is 0 Å². The molecule has 0 aliphatic rings. The van der Waals surface area contributed by atoms with Gasteiger partial charge in [0.05, 0.1) is 10.6 Å². The lowest BCUT2D eigenvalue weighted by atomic mass is 10.2. The zero-order valence-electron chi connectivity index (χ0n) is 9.50. The highest BCUT2D eigenvalue weighted by Gasteiger charge is 2.21. The Balaban J connectivity index is 3.34. The molecule has 0 bridgehead atoms. The number of carbonyl (C=O) groups is 1. The van der Waals surface area contributed by atoms with E-state index < -0.39 is 31.2 Å². The van der Waals surface area contributed by atoms with Gasteiger partial charge in [0.25, 0.3) is 15.0 Å². The zero-order chi connectivity index (χ0) is 14.1. The minimum absolute atomic E-state index is 0.219. The lowest BCUT2D eigenvalue weighted by Crippen LogP contribution is -2.30. The maximum atomic E-state index is 13.5. The molecule has 1 amide bonds. The van der Waals surface area contributed by atoms with Gasteiger partial charge in [-0.3, -0.25) is 4.79 Å². The fourth-order valence-corrected chi connectivity index (χ4v) is 2.74. The van der Waals surface area contributed by atoms with E-state index in [4.69, 9.17) is 22.3 Å². The molecule has 8 heteroatoms. The van der Waals surface area contributed by atoms with Crippen molar-refractivity contribution >= 4 is 37.2 Å². The largest absolute Gasteiger partial charge is 0.350 e. The molecular weight excluding hydrogens is 304 g/mol. The molecule has 0 radical (unpaired) electrons. The van der Waals surface area contributed by atoms with Crippen LogP contribution in [-0.4, -0.2) is 20.4 Å². The lowest BCUT2D eigenvalue weighted by molar-refractivity contribution is 0.0939. The molecule has 18 heavy (non-hydrogen) atoms. The average Bonchev–Trinajstić information content (AvgIpc) is 2.13. The van der Waals surface area contributed by atoms with Gasteiger partial charge in [-0.25, -0.2) is 12.8 Å². The number of nitrogens with one attached hydrogen (secondary N) is 1. The quantitative estimate of drug-likeness (QED) is 0.872. The summed E-state index contributed by atoms with van der Waals surface area (Å²) < 4.78 is 35.9. The second-order valence-corrected chi connectivity index (χ2v) is 6.77. The van der Waals surface area contributed by atoms with E-state index in [2.05, 4.69) is 5.32 Å². The van der Waals surface area contributed by atoms with Crippen LogP contribution in [0.15, 0.2) is 17.0 Å². The van der Waals surface area contributed by atoms with E-state index in [9.17, 15) is 17.6 Å². The summed E-state index contributed by atoms with van der Waals surface area (Å²) in [4.78, 5) is 11.1. The van der Waals surface area contributed by atoms with Crippen molar-refractivity contribution in [3.63, 3.8) is 0 Å². The first-order valence-corrected chi connectivity index (χ1v) is 7.56. The van der Waals surface area contributed by atoms with Crippen LogP contribution in [0.2, 0.25) is 5.02 Å². The van der Waals surface area contributed by atoms with Gasteiger partial charge < -0.3 is 5.32 Å². The predicted octanol–water partition coefficient (Wildman–Crippen LogP) is 2.54. The van der Waals surface area contributed by atoms with E-state index in [0.29, 0.717) is 0 Å². The molecule has 0 atom stereocenters. The summed E-state index contributed by atoms with van der Waals surface area (Å²) in [6, 6.07) is 1.34. The molecule has 1 aromatic rings. The van der Waals surface area contributed by atoms with Crippen LogP contribution < -0.4 is 5.32 Å². The predicted molar refractivity (Wildman–Crippen MR) is 67.1 cm³/mol. The number of hydrogen-bond acceptors (Lipinski definition) is 3. The van der Waals surface area contributed by atoms with E-state index in [-0.39, 0.29) is 11.1 Å². The molecule has 0 saturated carbocycles. The molecule has 0 aliphatic carbocycles. The highest BCUT2D eigenvalue weighted by atomic mass is 35.7. The van der Waals surface area contributed by atoms with Crippen LogP contribution in [0.3, 0.4) is 0 Å². The summed E-state index contributed by atoms with van der Waals surface area (Å²) in [5, 5.41) is 2.07. The highest BCUT2D eigenvalue weighted by molar-refractivity contribution is 8.13. The van der Waals surface area contributed by atoms with E-state index in [1.54, 1.807) is 13.8 Å². The Morgan fingerprint density at radius 1 is 1.39 bits per heavy atom. The maximum absolute atomic E-state index is 13.5. The van der Waals surface area contributed by atoms with Crippen LogP contribution in [0.25, 0.3) is 0 Å². The van der Waals surface area contributed by atoms with Gasteiger partial charge in [0.2, 0.25) is 0 Å². The number of benzene rings is 1. The Bertz CT molecular complexity index is 587. The lowest BCUT2D eigenvalue weighted by Gasteiger charge is -2.10. The maximum Gasteiger partial charge on any atom is 0.262 e. The molecule has 0 fully saturated rings. The van der Waals surface area contributed by atoms with Crippen molar-refractivity contribution in [1.82, 2.24) is 5.32 Å². The Morgan fingerprint density at radius 2 is 1.94 bits per heavy atom. The molecule has 0 saturated heterocycles. The number of halogens is 3. The standard InChI is InChI=1S/C10H10Cl2FNO3S/c1-5(2)14-10(15)6-3-9(18(12,16)17)7(11)4-8(6)13/h3-5H,1-2H3,(H,14,15). The SMILES string of the molecule is CC(C)NC(=O)c1cc(S(=O)(=O)Cl)c(Cl)cc1F. The minimum atomic E-state index is -4.14. The van der Waals surface area contributed by atoms with Gasteiger partial charge in [-0.05, 0) is 26.0 Å². The van der Waals surface area contributed by atoms with Crippen molar-refractivity contribution in [3.8, 4) is 0 Å². The minimum Gasteiger partial charge on any atom is -0.350 e. The first-order chi connectivity index (χ1) is 8.12. The number of carbonyl (C=O) groups excluding carboxylic acids is 1. The Morgan fingerprint density at radius 3 is 2.39 bits per heavy atom. The number of hydrogen-bond donors (Lipinski definition) is 1. The molecule has 100 valence electrons. The first-order valence-electron chi connectivity index (χ1n) is 4.87. The van der Waals surface area contributed by atoms with Gasteiger partial charge in [0, 0.05) is 16.7 Å². The third-order valence-corrected chi connectivity index (χ3v) is 3.74. The third kappa shape index (κ3) is 3.57. The molecule has 1 rings (SSSR count). The van der Waals surface area contributed by atoms with Crippen LogP contribution in [0.5, 0.6) is 0 Å². The van der Waals surface area contributed by atoms with E-state index in [1.807, 2.05) is 0 Å². The fourth-order valence-electron chi connectivity index (χ4n) is 1.23. The van der Waals surface area contributed by atoms with E-state index >= 15 is 0 Å². The molecular formula is C10H10Cl2FNO3S. The zero-order valence-corrected chi connectivity index (χ0v) is 11.8. The van der Waals surface area contributed by atoms with Gasteiger partial charge in [0.15, 0.2) is 0 Å². The van der Waals surface area contributed by atoms with Gasteiger partial charge in [-0.1, -0.05) is 11.6 Å². The normalized spacial score (nSPS) is 11.7. The van der Waals surface area contributed by atoms with E-state index in [1.165, 1.54) is 0 Å². The van der Waals surface area contributed by atoms with Crippen molar-refractivity contribution in [2.24, 2.45) is 0 Å². The molecule has 0 aliphatic heterocycles. The summed E-state index contributed by atoms with van der Waals surface area (Å²) >= 11 is 5.56. The smallest absolute Gasteiger partial charge is 0.262 e. The summed E-state index contributed by atoms with van der Waals surface area (Å²) in [5.41, 5.74) is -0.424. The molecule has 0 unspecified atom stereocenters. The first kappa shape index (κ1) is 15.2. The monoisotopic (exact) mass is 313 g/mol. The topological polar surface area (TPSA) is 63.2 Å². The van der Waals surface area contributed by atoms with Crippen LogP contribution >= 0.6 is 22.3 Å². The van der Waals surface area contributed by atoms with Gasteiger partial charge in [-0.2, -0.15) is 0 Å². The molecule has 0 aromatic heterocycles. The molecule has 1 aromatic carbocycles. The van der Waals surface area contributed by atoms with Gasteiger partial charge in [-0.15, -0.1) is 0 Å². The Hall–Kier alpha value is -0.850. The van der Waals surface area contributed by atoms with Crippen molar-refractivity contribution in [1.29, 1.82) is 0 Å². The summed E-state index contributed by atoms with van der Waals surface area (Å²) in [7, 11) is 0.991. The van der Waals surface area contributed by atoms with Crippen molar-refractivity contribution in [3.05, 3.63) is 28.5 Å². The summed E-state index contributed by atoms with van der Waals surface area (Å²) in [6.07, 6.45) is 0. The van der Waals surface area contributed by atoms with Crippen LogP contribution in [0, 0.1) is 5.82 Å². The molecule has 0 spiro atoms. The molecule has 1 N–H and O–H groups in total. The average molecular weight is 314 g/mol. The number of rotatable bonds is 3. The second kappa shape index (κ2) is 5.42. The van der Waals surface area contributed by atoms with E-state index in [0.717, 1.165) is 12.1 Å². The second-order valence-electron chi connectivity index (χ2n) is 3.83. The summed E-state index contributed by atoms with van der Waals surface area (Å²) in [6.45, 7) is 3.37. The van der Waals surface area contributed by atoms with Gasteiger partial charge in [0.1, 0.15) is 10.7 Å². The summed E-state index contributed by atoms with van der Waals surface area (Å²) in [5.74, 6) is -1.65. The van der Waals surface area contributed by atoms with Gasteiger partial charge >= 0.3 is 0 Å². The molecule has 4 nitrogen and oxygen atoms in total. The number of amides is 1. The fraction of sp³-hybridized carbons (Fsp3) is 0.300.